The minimum absolute atomic E-state index is 0.727. The summed E-state index contributed by atoms with van der Waals surface area (Å²) in [5.74, 6) is 0. The smallest absolute Gasteiger partial charge is 0.102 e. The van der Waals surface area contributed by atoms with Crippen molar-refractivity contribution in [2.24, 2.45) is 7.05 Å². The van der Waals surface area contributed by atoms with Gasteiger partial charge in [-0.1, -0.05) is 25.1 Å². The maximum atomic E-state index is 9.46. The molecule has 0 fully saturated rings. The molecule has 0 atom stereocenters. The zero-order valence-corrected chi connectivity index (χ0v) is 11.7. The second kappa shape index (κ2) is 5.62. The van der Waals surface area contributed by atoms with Crippen LogP contribution in [0.2, 0.25) is 0 Å². The first-order valence-corrected chi connectivity index (χ1v) is 6.58. The normalized spacial score (nSPS) is 12.1. The first-order chi connectivity index (χ1) is 9.19. The number of nitrogens with one attached hydrogen (secondary N) is 1. The molecule has 0 saturated heterocycles. The molecule has 0 saturated carbocycles. The molecular weight excluding hydrogens is 234 g/mol. The lowest BCUT2D eigenvalue weighted by molar-refractivity contribution is 0.772. The lowest BCUT2D eigenvalue weighted by Gasteiger charge is -2.07. The van der Waals surface area contributed by atoms with Gasteiger partial charge in [-0.2, -0.15) is 5.26 Å². The minimum Gasteiger partial charge on any atom is -0.388 e. The fourth-order valence-corrected chi connectivity index (χ4v) is 2.29. The third-order valence-corrected chi connectivity index (χ3v) is 3.29. The van der Waals surface area contributed by atoms with Crippen LogP contribution in [0.3, 0.4) is 0 Å². The largest absolute Gasteiger partial charge is 0.388 e. The molecule has 0 aliphatic carbocycles. The average Bonchev–Trinajstić information content (AvgIpc) is 2.75. The van der Waals surface area contributed by atoms with Gasteiger partial charge in [0.25, 0.3) is 0 Å². The van der Waals surface area contributed by atoms with Crippen LogP contribution in [0.4, 0.5) is 0 Å². The summed E-state index contributed by atoms with van der Waals surface area (Å²) in [6.45, 7) is 4.97. The van der Waals surface area contributed by atoms with Gasteiger partial charge in [0.2, 0.25) is 0 Å². The summed E-state index contributed by atoms with van der Waals surface area (Å²) >= 11 is 0. The summed E-state index contributed by atoms with van der Waals surface area (Å²) in [6, 6.07) is 10.5. The molecule has 0 radical (unpaired) electrons. The number of nitriles is 1. The van der Waals surface area contributed by atoms with Crippen molar-refractivity contribution < 1.29 is 0 Å². The van der Waals surface area contributed by atoms with Gasteiger partial charge < -0.3 is 9.88 Å². The van der Waals surface area contributed by atoms with Gasteiger partial charge in [-0.25, -0.2) is 0 Å². The molecule has 0 bridgehead atoms. The van der Waals surface area contributed by atoms with Crippen LogP contribution in [0.5, 0.6) is 0 Å². The van der Waals surface area contributed by atoms with Crippen molar-refractivity contribution in [1.29, 1.82) is 5.26 Å². The van der Waals surface area contributed by atoms with Crippen molar-refractivity contribution in [2.45, 2.75) is 20.3 Å². The number of rotatable bonds is 4. The summed E-state index contributed by atoms with van der Waals surface area (Å²) in [5, 5.41) is 13.9. The third-order valence-electron chi connectivity index (χ3n) is 3.29. The number of nitrogens with zero attached hydrogens (tertiary/aromatic N) is 2. The van der Waals surface area contributed by atoms with Gasteiger partial charge in [0.15, 0.2) is 0 Å². The Labute approximate surface area is 114 Å². The molecule has 0 unspecified atom stereocenters. The predicted molar refractivity (Wildman–Crippen MR) is 79.4 cm³/mol. The van der Waals surface area contributed by atoms with Crippen LogP contribution < -0.4 is 5.32 Å². The number of hydrogen-bond donors (Lipinski definition) is 1. The first-order valence-electron chi connectivity index (χ1n) is 6.58. The Morgan fingerprint density at radius 2 is 2.11 bits per heavy atom. The molecule has 0 amide bonds. The highest BCUT2D eigenvalue weighted by Crippen LogP contribution is 2.27. The quantitative estimate of drug-likeness (QED) is 0.848. The third kappa shape index (κ3) is 2.48. The van der Waals surface area contributed by atoms with E-state index >= 15 is 0 Å². The number of hydrogen-bond acceptors (Lipinski definition) is 2. The molecule has 1 N–H and O–H groups in total. The van der Waals surface area contributed by atoms with Crippen LogP contribution in [0.1, 0.15) is 25.8 Å². The molecule has 0 aliphatic rings. The number of aryl methyl sites for hydroxylation is 1. The van der Waals surface area contributed by atoms with Crippen LogP contribution in [0, 0.1) is 11.3 Å². The Balaban J connectivity index is 2.56. The molecule has 1 aromatic carbocycles. The molecule has 19 heavy (non-hydrogen) atoms. The Bertz CT molecular complexity index is 656. The summed E-state index contributed by atoms with van der Waals surface area (Å²) in [5.41, 5.74) is 3.82. The zero-order chi connectivity index (χ0) is 13.8. The molecule has 2 rings (SSSR count). The topological polar surface area (TPSA) is 40.8 Å². The molecule has 3 heteroatoms. The maximum absolute atomic E-state index is 9.46. The van der Waals surface area contributed by atoms with Crippen LogP contribution >= 0.6 is 0 Å². The highest BCUT2D eigenvalue weighted by atomic mass is 14.9. The number of benzene rings is 1. The summed E-state index contributed by atoms with van der Waals surface area (Å²) < 4.78 is 2.06. The Morgan fingerprint density at radius 3 is 2.79 bits per heavy atom. The minimum atomic E-state index is 0.727. The Hall–Kier alpha value is -2.21. The number of para-hydroxylation sites is 1. The molecule has 1 aromatic heterocycles. The van der Waals surface area contributed by atoms with Crippen molar-refractivity contribution >= 4 is 16.5 Å². The van der Waals surface area contributed by atoms with Crippen molar-refractivity contribution in [3.63, 3.8) is 0 Å². The van der Waals surface area contributed by atoms with Crippen LogP contribution in [-0.4, -0.2) is 11.1 Å². The van der Waals surface area contributed by atoms with Crippen LogP contribution in [0.25, 0.3) is 16.5 Å². The summed E-state index contributed by atoms with van der Waals surface area (Å²) in [7, 11) is 2.01. The monoisotopic (exact) mass is 253 g/mol. The van der Waals surface area contributed by atoms with E-state index in [1.54, 1.807) is 0 Å². The van der Waals surface area contributed by atoms with E-state index in [-0.39, 0.29) is 0 Å². The highest BCUT2D eigenvalue weighted by molar-refractivity contribution is 5.97. The fourth-order valence-electron chi connectivity index (χ4n) is 2.29. The predicted octanol–water partition coefficient (Wildman–Crippen LogP) is 3.43. The van der Waals surface area contributed by atoms with E-state index < -0.39 is 0 Å². The van der Waals surface area contributed by atoms with E-state index in [9.17, 15) is 5.26 Å². The van der Waals surface area contributed by atoms with Gasteiger partial charge in [0.05, 0.1) is 5.57 Å². The Kier molecular flexibility index (Phi) is 3.91. The van der Waals surface area contributed by atoms with E-state index in [2.05, 4.69) is 35.0 Å². The van der Waals surface area contributed by atoms with Crippen molar-refractivity contribution in [1.82, 2.24) is 9.88 Å². The maximum Gasteiger partial charge on any atom is 0.102 e. The van der Waals surface area contributed by atoms with Crippen LogP contribution in [0.15, 0.2) is 36.2 Å². The van der Waals surface area contributed by atoms with Gasteiger partial charge in [0, 0.05) is 42.0 Å². The van der Waals surface area contributed by atoms with Crippen molar-refractivity contribution in [2.75, 3.05) is 6.54 Å². The lowest BCUT2D eigenvalue weighted by atomic mass is 10.0. The van der Waals surface area contributed by atoms with Gasteiger partial charge in [-0.3, -0.25) is 0 Å². The second-order valence-electron chi connectivity index (χ2n) is 4.71. The van der Waals surface area contributed by atoms with E-state index in [0.29, 0.717) is 0 Å². The zero-order valence-electron chi connectivity index (χ0n) is 11.7. The molecular formula is C16H19N3. The molecule has 2 aromatic rings. The van der Waals surface area contributed by atoms with Crippen LogP contribution in [-0.2, 0) is 7.05 Å². The van der Waals surface area contributed by atoms with Gasteiger partial charge in [-0.15, -0.1) is 0 Å². The molecule has 98 valence electrons. The van der Waals surface area contributed by atoms with Gasteiger partial charge in [0.1, 0.15) is 6.07 Å². The molecule has 3 nitrogen and oxygen atoms in total. The first kappa shape index (κ1) is 13.2. The summed E-state index contributed by atoms with van der Waals surface area (Å²) in [6.07, 6.45) is 3.08. The number of fused-ring (bicyclic) bond motifs is 1. The van der Waals surface area contributed by atoms with E-state index in [0.717, 1.165) is 40.7 Å². The van der Waals surface area contributed by atoms with Crippen molar-refractivity contribution in [3.05, 3.63) is 41.7 Å². The Morgan fingerprint density at radius 1 is 1.37 bits per heavy atom. The summed E-state index contributed by atoms with van der Waals surface area (Å²) in [4.78, 5) is 0. The van der Waals surface area contributed by atoms with E-state index in [1.807, 2.05) is 32.3 Å². The van der Waals surface area contributed by atoms with E-state index in [1.165, 1.54) is 0 Å². The van der Waals surface area contributed by atoms with Crippen molar-refractivity contribution in [3.8, 4) is 6.07 Å². The fraction of sp³-hybridized carbons (Fsp3) is 0.312. The number of allylic oxidation sites excluding steroid dienone is 2. The molecule has 0 spiro atoms. The molecule has 1 heterocycles. The SMILES string of the molecule is CCCN/C(C)=C(\C#N)c1cn(C)c2ccccc12. The molecule has 0 aliphatic heterocycles. The standard InChI is InChI=1S/C16H19N3/c1-4-9-18-12(2)14(10-17)15-11-19(3)16-8-6-5-7-13(15)16/h5-8,11,18H,4,9H2,1-3H3/b14-12+. The lowest BCUT2D eigenvalue weighted by Crippen LogP contribution is -2.13. The average molecular weight is 253 g/mol. The van der Waals surface area contributed by atoms with Gasteiger partial charge >= 0.3 is 0 Å². The van der Waals surface area contributed by atoms with E-state index in [4.69, 9.17) is 0 Å². The van der Waals surface area contributed by atoms with Gasteiger partial charge in [-0.05, 0) is 19.4 Å². The second-order valence-corrected chi connectivity index (χ2v) is 4.71. The highest BCUT2D eigenvalue weighted by Gasteiger charge is 2.12. The number of aromatic nitrogens is 1.